The minimum Gasteiger partial charge on any atom is -0.356 e. The lowest BCUT2D eigenvalue weighted by molar-refractivity contribution is -0.117. The molecule has 1 atom stereocenters. The third kappa shape index (κ3) is 2.94. The van der Waals surface area contributed by atoms with Gasteiger partial charge in [-0.05, 0) is 37.6 Å². The predicted octanol–water partition coefficient (Wildman–Crippen LogP) is 2.65. The minimum atomic E-state index is -0.329. The number of H-pyrrole nitrogens is 1. The fourth-order valence-corrected chi connectivity index (χ4v) is 2.75. The summed E-state index contributed by atoms with van der Waals surface area (Å²) in [7, 11) is 0. The number of hydrogen-bond acceptors (Lipinski definition) is 3. The maximum atomic E-state index is 12.2. The number of carbonyl (C=O) groups is 2. The highest BCUT2D eigenvalue weighted by molar-refractivity contribution is 6.04. The zero-order chi connectivity index (χ0) is 16.4. The average Bonchev–Trinajstić information content (AvgIpc) is 3.14. The summed E-state index contributed by atoms with van der Waals surface area (Å²) in [4.78, 5) is 28.7. The van der Waals surface area contributed by atoms with Crippen LogP contribution in [0.3, 0.4) is 0 Å². The van der Waals surface area contributed by atoms with Crippen molar-refractivity contribution in [3.8, 4) is 6.07 Å². The molecule has 23 heavy (non-hydrogen) atoms. The van der Waals surface area contributed by atoms with E-state index in [1.807, 2.05) is 19.1 Å². The van der Waals surface area contributed by atoms with Gasteiger partial charge in [0, 0.05) is 30.0 Å². The molecular formula is C17H16N4O2. The first-order chi connectivity index (χ1) is 11.1. The van der Waals surface area contributed by atoms with Gasteiger partial charge in [0.25, 0.3) is 5.91 Å². The highest BCUT2D eigenvalue weighted by Gasteiger charge is 2.28. The molecule has 1 aliphatic rings. The molecule has 6 heteroatoms. The number of nitriles is 1. The molecule has 1 aliphatic heterocycles. The molecule has 0 bridgehead atoms. The van der Waals surface area contributed by atoms with Crippen LogP contribution >= 0.6 is 0 Å². The first kappa shape index (κ1) is 14.9. The number of nitrogens with one attached hydrogen (secondary N) is 2. The molecule has 2 amide bonds. The van der Waals surface area contributed by atoms with E-state index in [0.717, 1.165) is 12.1 Å². The predicted molar refractivity (Wildman–Crippen MR) is 86.1 cm³/mol. The number of nitrogens with zero attached hydrogens (tertiary/aromatic N) is 2. The summed E-state index contributed by atoms with van der Waals surface area (Å²) in [6.07, 6.45) is 2.88. The summed E-state index contributed by atoms with van der Waals surface area (Å²) in [6.45, 7) is 2.01. The zero-order valence-electron chi connectivity index (χ0n) is 12.7. The average molecular weight is 308 g/mol. The number of rotatable bonds is 3. The van der Waals surface area contributed by atoms with E-state index < -0.39 is 0 Å². The van der Waals surface area contributed by atoms with Crippen LogP contribution in [-0.2, 0) is 4.79 Å². The lowest BCUT2D eigenvalue weighted by atomic mass is 10.2. The topological polar surface area (TPSA) is 89.0 Å². The molecule has 0 radical (unpaired) electrons. The standard InChI is InChI=1S/C17H16N4O2/c1-11-5-6-16(22)21(11)14-4-2-3-13(8-14)20-17(23)15-7-12(9-18)10-19-15/h2-4,7-8,10-11,19H,5-6H2,1H3,(H,20,23)/t11-/m0/s1. The Hall–Kier alpha value is -3.07. The summed E-state index contributed by atoms with van der Waals surface area (Å²) in [5, 5.41) is 11.6. The Morgan fingerprint density at radius 3 is 2.91 bits per heavy atom. The van der Waals surface area contributed by atoms with Gasteiger partial charge in [0.1, 0.15) is 11.8 Å². The minimum absolute atomic E-state index is 0.101. The quantitative estimate of drug-likeness (QED) is 0.913. The van der Waals surface area contributed by atoms with Crippen LogP contribution < -0.4 is 10.2 Å². The smallest absolute Gasteiger partial charge is 0.272 e. The highest BCUT2D eigenvalue weighted by Crippen LogP contribution is 2.28. The largest absolute Gasteiger partial charge is 0.356 e. The Morgan fingerprint density at radius 2 is 2.26 bits per heavy atom. The van der Waals surface area contributed by atoms with E-state index >= 15 is 0 Å². The summed E-state index contributed by atoms with van der Waals surface area (Å²) in [6, 6.07) is 10.8. The first-order valence-electron chi connectivity index (χ1n) is 7.40. The van der Waals surface area contributed by atoms with Gasteiger partial charge in [0.05, 0.1) is 5.56 Å². The Kier molecular flexibility index (Phi) is 3.85. The summed E-state index contributed by atoms with van der Waals surface area (Å²) in [5.41, 5.74) is 2.10. The number of benzene rings is 1. The number of aromatic nitrogens is 1. The Labute approximate surface area is 133 Å². The Bertz CT molecular complexity index is 803. The van der Waals surface area contributed by atoms with Gasteiger partial charge in [0.2, 0.25) is 5.91 Å². The van der Waals surface area contributed by atoms with Crippen molar-refractivity contribution in [3.63, 3.8) is 0 Å². The van der Waals surface area contributed by atoms with Crippen LogP contribution in [0.2, 0.25) is 0 Å². The van der Waals surface area contributed by atoms with E-state index in [-0.39, 0.29) is 17.9 Å². The van der Waals surface area contributed by atoms with Gasteiger partial charge in [-0.15, -0.1) is 0 Å². The van der Waals surface area contributed by atoms with Crippen molar-refractivity contribution in [3.05, 3.63) is 47.8 Å². The summed E-state index contributed by atoms with van der Waals surface area (Å²) in [5.74, 6) is -0.228. The van der Waals surface area contributed by atoms with E-state index in [0.29, 0.717) is 23.4 Å². The van der Waals surface area contributed by atoms with Crippen molar-refractivity contribution < 1.29 is 9.59 Å². The summed E-state index contributed by atoms with van der Waals surface area (Å²) >= 11 is 0. The SMILES string of the molecule is C[C@H]1CCC(=O)N1c1cccc(NC(=O)c2cc(C#N)c[nH]2)c1. The van der Waals surface area contributed by atoms with Crippen LogP contribution in [0, 0.1) is 11.3 Å². The molecule has 0 unspecified atom stereocenters. The van der Waals surface area contributed by atoms with E-state index in [1.54, 1.807) is 23.1 Å². The molecule has 1 aromatic heterocycles. The molecule has 2 N–H and O–H groups in total. The maximum absolute atomic E-state index is 12.2. The third-order valence-corrected chi connectivity index (χ3v) is 3.92. The lowest BCUT2D eigenvalue weighted by Gasteiger charge is -2.22. The van der Waals surface area contributed by atoms with Crippen LogP contribution in [0.5, 0.6) is 0 Å². The normalized spacial score (nSPS) is 17.1. The molecule has 0 spiro atoms. The number of carbonyl (C=O) groups excluding carboxylic acids is 2. The second-order valence-electron chi connectivity index (χ2n) is 5.57. The van der Waals surface area contributed by atoms with E-state index in [1.165, 1.54) is 12.3 Å². The fourth-order valence-electron chi connectivity index (χ4n) is 2.75. The molecule has 2 heterocycles. The molecule has 0 saturated carbocycles. The molecule has 1 fully saturated rings. The van der Waals surface area contributed by atoms with Gasteiger partial charge in [-0.25, -0.2) is 0 Å². The van der Waals surface area contributed by atoms with Crippen molar-refractivity contribution >= 4 is 23.2 Å². The van der Waals surface area contributed by atoms with E-state index in [2.05, 4.69) is 10.3 Å². The van der Waals surface area contributed by atoms with E-state index in [9.17, 15) is 9.59 Å². The first-order valence-corrected chi connectivity index (χ1v) is 7.40. The molecule has 0 aliphatic carbocycles. The molecule has 6 nitrogen and oxygen atoms in total. The monoisotopic (exact) mass is 308 g/mol. The van der Waals surface area contributed by atoms with E-state index in [4.69, 9.17) is 5.26 Å². The van der Waals surface area contributed by atoms with Crippen molar-refractivity contribution in [2.45, 2.75) is 25.8 Å². The van der Waals surface area contributed by atoms with Gasteiger partial charge in [-0.1, -0.05) is 6.07 Å². The van der Waals surface area contributed by atoms with Gasteiger partial charge >= 0.3 is 0 Å². The van der Waals surface area contributed by atoms with Crippen LogP contribution in [0.1, 0.15) is 35.8 Å². The van der Waals surface area contributed by atoms with Gasteiger partial charge in [0.15, 0.2) is 0 Å². The number of aromatic amines is 1. The number of hydrogen-bond donors (Lipinski definition) is 2. The highest BCUT2D eigenvalue weighted by atomic mass is 16.2. The molecular weight excluding hydrogens is 292 g/mol. The van der Waals surface area contributed by atoms with Crippen molar-refractivity contribution in [1.82, 2.24) is 4.98 Å². The van der Waals surface area contributed by atoms with Crippen LogP contribution in [-0.4, -0.2) is 22.8 Å². The van der Waals surface area contributed by atoms with Crippen molar-refractivity contribution in [1.29, 1.82) is 5.26 Å². The molecule has 3 rings (SSSR count). The lowest BCUT2D eigenvalue weighted by Crippen LogP contribution is -2.30. The Morgan fingerprint density at radius 1 is 1.43 bits per heavy atom. The Balaban J connectivity index is 1.79. The fraction of sp³-hybridized carbons (Fsp3) is 0.235. The summed E-state index contributed by atoms with van der Waals surface area (Å²) < 4.78 is 0. The van der Waals surface area contributed by atoms with Crippen LogP contribution in [0.15, 0.2) is 36.5 Å². The van der Waals surface area contributed by atoms with Crippen LogP contribution in [0.25, 0.3) is 0 Å². The zero-order valence-corrected chi connectivity index (χ0v) is 12.7. The van der Waals surface area contributed by atoms with Gasteiger partial charge in [-0.2, -0.15) is 5.26 Å². The molecule has 2 aromatic rings. The second kappa shape index (κ2) is 5.97. The third-order valence-electron chi connectivity index (χ3n) is 3.92. The molecule has 116 valence electrons. The number of amides is 2. The van der Waals surface area contributed by atoms with Gasteiger partial charge < -0.3 is 15.2 Å². The number of anilines is 2. The van der Waals surface area contributed by atoms with Crippen LogP contribution in [0.4, 0.5) is 11.4 Å². The van der Waals surface area contributed by atoms with Crippen molar-refractivity contribution in [2.24, 2.45) is 0 Å². The second-order valence-corrected chi connectivity index (χ2v) is 5.57. The maximum Gasteiger partial charge on any atom is 0.272 e. The molecule has 1 aromatic carbocycles. The molecule has 1 saturated heterocycles. The van der Waals surface area contributed by atoms with Gasteiger partial charge in [-0.3, -0.25) is 9.59 Å². The van der Waals surface area contributed by atoms with Crippen molar-refractivity contribution in [2.75, 3.05) is 10.2 Å².